The van der Waals surface area contributed by atoms with Gasteiger partial charge in [-0.1, -0.05) is 18.2 Å². The molecule has 2 N–H and O–H groups in total. The summed E-state index contributed by atoms with van der Waals surface area (Å²) in [5.41, 5.74) is 4.76. The van der Waals surface area contributed by atoms with Crippen LogP contribution < -0.4 is 5.73 Å². The van der Waals surface area contributed by atoms with E-state index in [4.69, 9.17) is 5.73 Å². The van der Waals surface area contributed by atoms with Crippen LogP contribution in [-0.4, -0.2) is 29.8 Å². The molecule has 4 nitrogen and oxygen atoms in total. The highest BCUT2D eigenvalue weighted by Crippen LogP contribution is 2.29. The topological polar surface area (TPSA) is 63.4 Å². The van der Waals surface area contributed by atoms with Crippen LogP contribution in [0.15, 0.2) is 24.3 Å². The van der Waals surface area contributed by atoms with Crippen LogP contribution in [-0.2, 0) is 15.0 Å². The minimum Gasteiger partial charge on any atom is -0.369 e. The van der Waals surface area contributed by atoms with E-state index in [1.165, 1.54) is 6.07 Å². The van der Waals surface area contributed by atoms with Crippen molar-refractivity contribution in [2.75, 3.05) is 13.1 Å². The summed E-state index contributed by atoms with van der Waals surface area (Å²) in [6.07, 6.45) is 1.16. The zero-order valence-corrected chi connectivity index (χ0v) is 12.4. The average molecular weight is 292 g/mol. The molecule has 0 unspecified atom stereocenters. The van der Waals surface area contributed by atoms with Crippen molar-refractivity contribution in [2.24, 2.45) is 11.7 Å². The number of piperidine rings is 1. The fourth-order valence-electron chi connectivity index (χ4n) is 2.85. The molecule has 1 saturated heterocycles. The zero-order valence-electron chi connectivity index (χ0n) is 12.4. The van der Waals surface area contributed by atoms with E-state index in [0.29, 0.717) is 31.5 Å². The molecule has 0 spiro atoms. The zero-order chi connectivity index (χ0) is 15.6. The number of hydrogen-bond acceptors (Lipinski definition) is 2. The third kappa shape index (κ3) is 3.06. The van der Waals surface area contributed by atoms with Gasteiger partial charge >= 0.3 is 0 Å². The smallest absolute Gasteiger partial charge is 0.232 e. The van der Waals surface area contributed by atoms with Gasteiger partial charge in [0.2, 0.25) is 11.8 Å². The molecule has 1 fully saturated rings. The summed E-state index contributed by atoms with van der Waals surface area (Å²) in [5.74, 6) is -0.959. The van der Waals surface area contributed by atoms with Crippen molar-refractivity contribution >= 4 is 11.8 Å². The van der Waals surface area contributed by atoms with Gasteiger partial charge in [-0.15, -0.1) is 0 Å². The Kier molecular flexibility index (Phi) is 4.30. The van der Waals surface area contributed by atoms with Crippen molar-refractivity contribution in [1.29, 1.82) is 0 Å². The second-order valence-corrected chi connectivity index (χ2v) is 6.07. The minimum atomic E-state index is -0.926. The van der Waals surface area contributed by atoms with E-state index in [2.05, 4.69) is 0 Å². The highest BCUT2D eigenvalue weighted by Gasteiger charge is 2.37. The van der Waals surface area contributed by atoms with Gasteiger partial charge in [-0.3, -0.25) is 9.59 Å². The highest BCUT2D eigenvalue weighted by atomic mass is 19.1. The molecule has 0 aliphatic carbocycles. The molecule has 1 heterocycles. The molecular weight excluding hydrogens is 271 g/mol. The summed E-state index contributed by atoms with van der Waals surface area (Å²) in [6.45, 7) is 4.44. The molecule has 2 amide bonds. The number of hydrogen-bond donors (Lipinski definition) is 1. The van der Waals surface area contributed by atoms with Crippen molar-refractivity contribution < 1.29 is 14.0 Å². The molecule has 1 aliphatic rings. The van der Waals surface area contributed by atoms with Gasteiger partial charge in [0.15, 0.2) is 0 Å². The number of benzene rings is 1. The number of carbonyl (C=O) groups excluding carboxylic acids is 2. The molecule has 0 radical (unpaired) electrons. The van der Waals surface area contributed by atoms with E-state index in [1.54, 1.807) is 36.9 Å². The molecule has 5 heteroatoms. The number of nitrogens with zero attached hydrogens (tertiary/aromatic N) is 1. The highest BCUT2D eigenvalue weighted by molar-refractivity contribution is 5.87. The van der Waals surface area contributed by atoms with Crippen LogP contribution >= 0.6 is 0 Å². The number of likely N-dealkylation sites (tertiary alicyclic amines) is 1. The number of rotatable bonds is 3. The molecule has 21 heavy (non-hydrogen) atoms. The maximum Gasteiger partial charge on any atom is 0.232 e. The Morgan fingerprint density at radius 3 is 2.33 bits per heavy atom. The fraction of sp³-hybridized carbons (Fsp3) is 0.500. The van der Waals surface area contributed by atoms with E-state index < -0.39 is 5.41 Å². The van der Waals surface area contributed by atoms with E-state index in [0.717, 1.165) is 0 Å². The van der Waals surface area contributed by atoms with E-state index in [1.807, 2.05) is 0 Å². The maximum absolute atomic E-state index is 13.9. The molecular formula is C16H21FN2O2. The molecule has 1 aromatic rings. The van der Waals surface area contributed by atoms with Gasteiger partial charge in [0.25, 0.3) is 0 Å². The third-order valence-electron chi connectivity index (χ3n) is 4.27. The van der Waals surface area contributed by atoms with Crippen LogP contribution in [0.4, 0.5) is 4.39 Å². The van der Waals surface area contributed by atoms with Crippen LogP contribution in [0.1, 0.15) is 32.3 Å². The van der Waals surface area contributed by atoms with Gasteiger partial charge in [-0.2, -0.15) is 0 Å². The van der Waals surface area contributed by atoms with Crippen molar-refractivity contribution in [1.82, 2.24) is 4.90 Å². The second kappa shape index (κ2) is 5.84. The lowest BCUT2D eigenvalue weighted by molar-refractivity contribution is -0.139. The normalized spacial score (nSPS) is 16.8. The molecule has 0 bridgehead atoms. The molecule has 114 valence electrons. The monoisotopic (exact) mass is 292 g/mol. The summed E-state index contributed by atoms with van der Waals surface area (Å²) in [5, 5.41) is 0. The number of primary amides is 1. The summed E-state index contributed by atoms with van der Waals surface area (Å²) in [6, 6.07) is 6.34. The molecule has 0 saturated carbocycles. The minimum absolute atomic E-state index is 0.115. The first kappa shape index (κ1) is 15.5. The predicted molar refractivity (Wildman–Crippen MR) is 77.9 cm³/mol. The Morgan fingerprint density at radius 2 is 1.81 bits per heavy atom. The third-order valence-corrected chi connectivity index (χ3v) is 4.27. The first-order valence-electron chi connectivity index (χ1n) is 7.17. The van der Waals surface area contributed by atoms with Crippen LogP contribution in [0.5, 0.6) is 0 Å². The van der Waals surface area contributed by atoms with Crippen LogP contribution in [0.2, 0.25) is 0 Å². The van der Waals surface area contributed by atoms with Crippen LogP contribution in [0.25, 0.3) is 0 Å². The second-order valence-electron chi connectivity index (χ2n) is 6.07. The standard InChI is InChI=1S/C16H21FN2O2/c1-16(2,12-5-3-4-6-13(12)17)15(21)19-9-7-11(8-10-19)14(18)20/h3-6,11H,7-10H2,1-2H3,(H2,18,20). The van der Waals surface area contributed by atoms with Crippen molar-refractivity contribution in [3.8, 4) is 0 Å². The number of nitrogens with two attached hydrogens (primary N) is 1. The van der Waals surface area contributed by atoms with Gasteiger partial charge in [0.1, 0.15) is 5.82 Å². The Hall–Kier alpha value is -1.91. The van der Waals surface area contributed by atoms with Gasteiger partial charge < -0.3 is 10.6 Å². The molecule has 2 rings (SSSR count). The van der Waals surface area contributed by atoms with Crippen molar-refractivity contribution in [3.63, 3.8) is 0 Å². The Balaban J connectivity index is 2.13. The van der Waals surface area contributed by atoms with E-state index >= 15 is 0 Å². The number of amides is 2. The SMILES string of the molecule is CC(C)(C(=O)N1CCC(C(N)=O)CC1)c1ccccc1F. The van der Waals surface area contributed by atoms with Crippen LogP contribution in [0.3, 0.4) is 0 Å². The quantitative estimate of drug-likeness (QED) is 0.923. The van der Waals surface area contributed by atoms with E-state index in [9.17, 15) is 14.0 Å². The first-order chi connectivity index (χ1) is 9.84. The van der Waals surface area contributed by atoms with Gasteiger partial charge in [0, 0.05) is 24.6 Å². The maximum atomic E-state index is 13.9. The van der Waals surface area contributed by atoms with E-state index in [-0.39, 0.29) is 23.5 Å². The summed E-state index contributed by atoms with van der Waals surface area (Å²) < 4.78 is 13.9. The van der Waals surface area contributed by atoms with Gasteiger partial charge in [0.05, 0.1) is 5.41 Å². The number of carbonyl (C=O) groups is 2. The lowest BCUT2D eigenvalue weighted by Crippen LogP contribution is -2.48. The van der Waals surface area contributed by atoms with Gasteiger partial charge in [-0.05, 0) is 32.8 Å². The van der Waals surface area contributed by atoms with Crippen molar-refractivity contribution in [3.05, 3.63) is 35.6 Å². The van der Waals surface area contributed by atoms with Crippen molar-refractivity contribution in [2.45, 2.75) is 32.1 Å². The lowest BCUT2D eigenvalue weighted by Gasteiger charge is -2.36. The van der Waals surface area contributed by atoms with Gasteiger partial charge in [-0.25, -0.2) is 4.39 Å². The fourth-order valence-corrected chi connectivity index (χ4v) is 2.85. The Labute approximate surface area is 124 Å². The lowest BCUT2D eigenvalue weighted by atomic mass is 9.82. The average Bonchev–Trinajstić information content (AvgIpc) is 2.46. The molecule has 0 atom stereocenters. The number of halogens is 1. The summed E-state index contributed by atoms with van der Waals surface area (Å²) in [4.78, 5) is 25.6. The molecule has 0 aromatic heterocycles. The molecule has 1 aromatic carbocycles. The predicted octanol–water partition coefficient (Wildman–Crippen LogP) is 1.83. The summed E-state index contributed by atoms with van der Waals surface area (Å²) >= 11 is 0. The Bertz CT molecular complexity index is 549. The first-order valence-corrected chi connectivity index (χ1v) is 7.17. The Morgan fingerprint density at radius 1 is 1.24 bits per heavy atom. The van der Waals surface area contributed by atoms with Crippen LogP contribution in [0, 0.1) is 11.7 Å². The molecule has 1 aliphatic heterocycles. The summed E-state index contributed by atoms with van der Waals surface area (Å²) in [7, 11) is 0. The largest absolute Gasteiger partial charge is 0.369 e.